The molecule has 1 atom stereocenters. The zero-order valence-corrected chi connectivity index (χ0v) is 14.9. The fourth-order valence-corrected chi connectivity index (χ4v) is 2.20. The number of benzene rings is 1. The molecule has 0 saturated carbocycles. The quantitative estimate of drug-likeness (QED) is 0.280. The van der Waals surface area contributed by atoms with Gasteiger partial charge in [-0.1, -0.05) is 74.4 Å². The van der Waals surface area contributed by atoms with Crippen LogP contribution in [0.3, 0.4) is 0 Å². The largest absolute Gasteiger partial charge is 0.491 e. The number of allylic oxidation sites excluding steroid dienone is 5. The molecule has 0 radical (unpaired) electrons. The molecule has 2 heteroatoms. The van der Waals surface area contributed by atoms with Gasteiger partial charge in [0.15, 0.2) is 0 Å². The summed E-state index contributed by atoms with van der Waals surface area (Å²) in [6, 6.07) is 9.55. The molecule has 1 unspecified atom stereocenters. The monoisotopic (exact) mass is 328 g/mol. The lowest BCUT2D eigenvalue weighted by atomic mass is 10.1. The van der Waals surface area contributed by atoms with E-state index in [2.05, 4.69) is 25.2 Å². The van der Waals surface area contributed by atoms with Crippen molar-refractivity contribution in [1.29, 1.82) is 0 Å². The van der Waals surface area contributed by atoms with Gasteiger partial charge in [0.1, 0.15) is 18.5 Å². The van der Waals surface area contributed by atoms with Gasteiger partial charge in [0.05, 0.1) is 0 Å². The van der Waals surface area contributed by atoms with E-state index >= 15 is 0 Å². The van der Waals surface area contributed by atoms with Gasteiger partial charge in [-0.25, -0.2) is 0 Å². The highest BCUT2D eigenvalue weighted by Gasteiger charge is 1.99. The molecule has 0 aliphatic heterocycles. The number of aliphatic hydroxyl groups excluding tert-OH is 1. The fourth-order valence-electron chi connectivity index (χ4n) is 2.20. The molecule has 1 rings (SSSR count). The maximum atomic E-state index is 9.82. The van der Waals surface area contributed by atoms with Crippen molar-refractivity contribution < 1.29 is 9.84 Å². The van der Waals surface area contributed by atoms with Crippen LogP contribution in [0.1, 0.15) is 51.9 Å². The molecule has 0 aliphatic rings. The third-order valence-corrected chi connectivity index (χ3v) is 3.63. The predicted molar refractivity (Wildman–Crippen MR) is 103 cm³/mol. The van der Waals surface area contributed by atoms with Crippen molar-refractivity contribution in [3.8, 4) is 5.75 Å². The minimum atomic E-state index is -0.580. The number of rotatable bonds is 13. The summed E-state index contributed by atoms with van der Waals surface area (Å²) < 4.78 is 5.49. The molecule has 0 saturated heterocycles. The van der Waals surface area contributed by atoms with Gasteiger partial charge in [-0.3, -0.25) is 0 Å². The predicted octanol–water partition coefficient (Wildman–Crippen LogP) is 5.85. The summed E-state index contributed by atoms with van der Waals surface area (Å²) in [6.07, 6.45) is 20.4. The maximum absolute atomic E-state index is 9.82. The third-order valence-electron chi connectivity index (χ3n) is 3.63. The van der Waals surface area contributed by atoms with Crippen molar-refractivity contribution in [3.05, 3.63) is 66.8 Å². The Morgan fingerprint density at radius 1 is 0.917 bits per heavy atom. The Balaban J connectivity index is 2.01. The SMILES string of the molecule is CCCC/C=C/CCCC/C=C/C=C/C(O)COc1ccccc1. The van der Waals surface area contributed by atoms with E-state index in [1.54, 1.807) is 6.08 Å². The van der Waals surface area contributed by atoms with Crippen LogP contribution >= 0.6 is 0 Å². The third kappa shape index (κ3) is 11.7. The van der Waals surface area contributed by atoms with Crippen molar-refractivity contribution >= 4 is 0 Å². The van der Waals surface area contributed by atoms with E-state index < -0.39 is 6.10 Å². The van der Waals surface area contributed by atoms with Crippen LogP contribution in [-0.4, -0.2) is 17.8 Å². The first-order valence-electron chi connectivity index (χ1n) is 9.17. The Kier molecular flexibility index (Phi) is 12.5. The standard InChI is InChI=1S/C22H32O2/c1-2-3-4-5-6-7-8-9-10-11-12-14-17-21(23)20-24-22-18-15-13-16-19-22/h5-6,11-19,21,23H,2-4,7-10,20H2,1H3/b6-5+,12-11+,17-14+. The normalized spacial score (nSPS) is 13.2. The van der Waals surface area contributed by atoms with Gasteiger partial charge in [0.2, 0.25) is 0 Å². The molecule has 1 aromatic rings. The van der Waals surface area contributed by atoms with Gasteiger partial charge in [-0.05, 0) is 44.2 Å². The topological polar surface area (TPSA) is 29.5 Å². The van der Waals surface area contributed by atoms with Gasteiger partial charge in [-0.2, -0.15) is 0 Å². The van der Waals surface area contributed by atoms with Crippen LogP contribution in [0.25, 0.3) is 0 Å². The molecular formula is C22H32O2. The summed E-state index contributed by atoms with van der Waals surface area (Å²) in [5, 5.41) is 9.82. The highest BCUT2D eigenvalue weighted by atomic mass is 16.5. The number of hydrogen-bond donors (Lipinski definition) is 1. The lowest BCUT2D eigenvalue weighted by molar-refractivity contribution is 0.144. The molecular weight excluding hydrogens is 296 g/mol. The van der Waals surface area contributed by atoms with Gasteiger partial charge < -0.3 is 9.84 Å². The molecule has 132 valence electrons. The zero-order valence-electron chi connectivity index (χ0n) is 14.9. The molecule has 1 aromatic carbocycles. The van der Waals surface area contributed by atoms with Crippen LogP contribution in [0.15, 0.2) is 66.8 Å². The molecule has 1 N–H and O–H groups in total. The molecule has 2 nitrogen and oxygen atoms in total. The highest BCUT2D eigenvalue weighted by Crippen LogP contribution is 2.08. The first-order valence-corrected chi connectivity index (χ1v) is 9.17. The van der Waals surface area contributed by atoms with Crippen LogP contribution in [-0.2, 0) is 0 Å². The molecule has 0 bridgehead atoms. The molecule has 0 fully saturated rings. The Morgan fingerprint density at radius 3 is 2.29 bits per heavy atom. The smallest absolute Gasteiger partial charge is 0.119 e. The number of hydrogen-bond acceptors (Lipinski definition) is 2. The Morgan fingerprint density at radius 2 is 1.58 bits per heavy atom. The average Bonchev–Trinajstić information content (AvgIpc) is 2.62. The maximum Gasteiger partial charge on any atom is 0.119 e. The van der Waals surface area contributed by atoms with E-state index in [0.717, 1.165) is 12.2 Å². The zero-order chi connectivity index (χ0) is 17.3. The van der Waals surface area contributed by atoms with Crippen molar-refractivity contribution in [2.45, 2.75) is 58.0 Å². The Labute approximate surface area is 147 Å². The van der Waals surface area contributed by atoms with Crippen LogP contribution in [0, 0.1) is 0 Å². The van der Waals surface area contributed by atoms with E-state index in [9.17, 15) is 5.11 Å². The van der Waals surface area contributed by atoms with Gasteiger partial charge >= 0.3 is 0 Å². The van der Waals surface area contributed by atoms with Gasteiger partial charge in [0.25, 0.3) is 0 Å². The summed E-state index contributed by atoms with van der Waals surface area (Å²) in [6.45, 7) is 2.50. The molecule has 0 heterocycles. The van der Waals surface area contributed by atoms with Crippen molar-refractivity contribution in [2.24, 2.45) is 0 Å². The lowest BCUT2D eigenvalue weighted by Crippen LogP contribution is -2.14. The highest BCUT2D eigenvalue weighted by molar-refractivity contribution is 5.21. The second-order valence-corrected chi connectivity index (χ2v) is 5.90. The lowest BCUT2D eigenvalue weighted by Gasteiger charge is -2.08. The van der Waals surface area contributed by atoms with Gasteiger partial charge in [0, 0.05) is 0 Å². The van der Waals surface area contributed by atoms with Crippen molar-refractivity contribution in [2.75, 3.05) is 6.61 Å². The van der Waals surface area contributed by atoms with E-state index in [0.29, 0.717) is 0 Å². The second kappa shape index (κ2) is 14.8. The van der Waals surface area contributed by atoms with Crippen LogP contribution in [0.5, 0.6) is 5.75 Å². The summed E-state index contributed by atoms with van der Waals surface area (Å²) in [5.41, 5.74) is 0. The minimum absolute atomic E-state index is 0.277. The number of unbranched alkanes of at least 4 members (excludes halogenated alkanes) is 5. The molecule has 0 spiro atoms. The summed E-state index contributed by atoms with van der Waals surface area (Å²) in [5.74, 6) is 0.782. The van der Waals surface area contributed by atoms with E-state index in [1.807, 2.05) is 42.5 Å². The summed E-state index contributed by atoms with van der Waals surface area (Å²) in [7, 11) is 0. The number of para-hydroxylation sites is 1. The second-order valence-electron chi connectivity index (χ2n) is 5.90. The molecule has 0 aromatic heterocycles. The number of aliphatic hydroxyl groups is 1. The molecule has 24 heavy (non-hydrogen) atoms. The Hall–Kier alpha value is -1.80. The van der Waals surface area contributed by atoms with Crippen LogP contribution in [0.4, 0.5) is 0 Å². The summed E-state index contributed by atoms with van der Waals surface area (Å²) >= 11 is 0. The summed E-state index contributed by atoms with van der Waals surface area (Å²) in [4.78, 5) is 0. The van der Waals surface area contributed by atoms with Crippen molar-refractivity contribution in [3.63, 3.8) is 0 Å². The first kappa shape index (κ1) is 20.2. The minimum Gasteiger partial charge on any atom is -0.491 e. The average molecular weight is 328 g/mol. The molecule has 0 aliphatic carbocycles. The van der Waals surface area contributed by atoms with E-state index in [4.69, 9.17) is 4.74 Å². The first-order chi connectivity index (χ1) is 11.8. The van der Waals surface area contributed by atoms with Gasteiger partial charge in [-0.15, -0.1) is 0 Å². The molecule has 0 amide bonds. The number of ether oxygens (including phenoxy) is 1. The van der Waals surface area contributed by atoms with E-state index in [-0.39, 0.29) is 6.61 Å². The van der Waals surface area contributed by atoms with E-state index in [1.165, 1.54) is 38.5 Å². The Bertz CT molecular complexity index is 474. The van der Waals surface area contributed by atoms with Crippen LogP contribution < -0.4 is 4.74 Å². The van der Waals surface area contributed by atoms with Crippen molar-refractivity contribution in [1.82, 2.24) is 0 Å². The van der Waals surface area contributed by atoms with Crippen LogP contribution in [0.2, 0.25) is 0 Å². The fraction of sp³-hybridized carbons (Fsp3) is 0.455.